The second-order valence-corrected chi connectivity index (χ2v) is 11.2. The molecule has 2 fully saturated rings. The zero-order valence-electron chi connectivity index (χ0n) is 23.8. The molecule has 0 spiro atoms. The number of fused-ring (bicyclic) bond motifs is 2. The second kappa shape index (κ2) is 12.2. The number of anilines is 2. The molecule has 0 atom stereocenters. The fourth-order valence-electron chi connectivity index (χ4n) is 6.35. The average Bonchev–Trinajstić information content (AvgIpc) is 3.13. The number of carbonyl (C=O) groups excluding carboxylic acids is 1. The highest BCUT2D eigenvalue weighted by Gasteiger charge is 2.37. The highest BCUT2D eigenvalue weighted by Crippen LogP contribution is 2.41. The van der Waals surface area contributed by atoms with Gasteiger partial charge in [-0.2, -0.15) is 9.97 Å². The van der Waals surface area contributed by atoms with E-state index in [-0.39, 0.29) is 24.0 Å². The molecule has 0 saturated carbocycles. The van der Waals surface area contributed by atoms with Gasteiger partial charge in [-0.1, -0.05) is 25.8 Å². The number of hydrogen-bond acceptors (Lipinski definition) is 8. The first-order chi connectivity index (χ1) is 20.0. The molecule has 3 aliphatic heterocycles. The van der Waals surface area contributed by atoms with E-state index in [1.165, 1.54) is 6.07 Å². The molecular weight excluding hydrogens is 523 g/mol. The molecule has 2 aromatic carbocycles. The summed E-state index contributed by atoms with van der Waals surface area (Å²) in [6, 6.07) is 6.52. The van der Waals surface area contributed by atoms with Crippen molar-refractivity contribution in [2.24, 2.45) is 0 Å². The zero-order chi connectivity index (χ0) is 28.3. The Morgan fingerprint density at radius 3 is 2.59 bits per heavy atom. The minimum Gasteiger partial charge on any atom is -0.508 e. The van der Waals surface area contributed by atoms with Gasteiger partial charge in [0.15, 0.2) is 0 Å². The topological polar surface area (TPSA) is 94.1 Å². The standard InChI is InChI=1S/C31H39FN6O3/c1-2-23-24(32)9-8-21-18-22(39)19-26(27(21)23)38-20-25-28(30(38)40)29(37-13-5-3-4-6-14-37)35-31(34-25)41-17-7-12-36-15-10-33-11-16-36/h8-9,18-19,33,39H,2-7,10-17,20H2,1H3. The quantitative estimate of drug-likeness (QED) is 0.394. The Balaban J connectivity index is 1.33. The number of carbonyl (C=O) groups is 1. The Bertz CT molecular complexity index is 1420. The third-order valence-corrected chi connectivity index (χ3v) is 8.45. The Hall–Kier alpha value is -3.50. The van der Waals surface area contributed by atoms with Crippen LogP contribution in [0.2, 0.25) is 0 Å². The fourth-order valence-corrected chi connectivity index (χ4v) is 6.35. The maximum atomic E-state index is 14.9. The number of halogens is 1. The van der Waals surface area contributed by atoms with Gasteiger partial charge in [0.05, 0.1) is 24.5 Å². The molecular formula is C31H39FN6O3. The lowest BCUT2D eigenvalue weighted by Gasteiger charge is -2.27. The van der Waals surface area contributed by atoms with E-state index in [4.69, 9.17) is 14.7 Å². The number of phenols is 1. The number of piperazine rings is 1. The van der Waals surface area contributed by atoms with Crippen molar-refractivity contribution >= 4 is 28.2 Å². The van der Waals surface area contributed by atoms with Crippen LogP contribution in [0.5, 0.6) is 11.8 Å². The summed E-state index contributed by atoms with van der Waals surface area (Å²) in [6.45, 7) is 9.29. The first kappa shape index (κ1) is 27.7. The van der Waals surface area contributed by atoms with Crippen molar-refractivity contribution in [2.45, 2.75) is 52.0 Å². The number of aromatic hydroxyl groups is 1. The van der Waals surface area contributed by atoms with Crippen molar-refractivity contribution in [3.63, 3.8) is 0 Å². The number of phenolic OH excluding ortho intramolecular Hbond substituents is 1. The van der Waals surface area contributed by atoms with Gasteiger partial charge in [0.2, 0.25) is 0 Å². The third-order valence-electron chi connectivity index (χ3n) is 8.45. The van der Waals surface area contributed by atoms with Crippen molar-refractivity contribution in [3.05, 3.63) is 46.9 Å². The number of rotatable bonds is 8. The predicted molar refractivity (Wildman–Crippen MR) is 158 cm³/mol. The van der Waals surface area contributed by atoms with E-state index in [2.05, 4.69) is 15.1 Å². The lowest BCUT2D eigenvalue weighted by Crippen LogP contribution is -2.44. The van der Waals surface area contributed by atoms with Gasteiger partial charge in [0.25, 0.3) is 5.91 Å². The minimum atomic E-state index is -0.322. The summed E-state index contributed by atoms with van der Waals surface area (Å²) in [4.78, 5) is 29.9. The van der Waals surface area contributed by atoms with Crippen molar-refractivity contribution in [2.75, 3.05) is 62.2 Å². The molecule has 3 aliphatic rings. The van der Waals surface area contributed by atoms with E-state index in [1.807, 2.05) is 6.92 Å². The van der Waals surface area contributed by atoms with Crippen molar-refractivity contribution in [1.29, 1.82) is 0 Å². The number of nitrogens with zero attached hydrogens (tertiary/aromatic N) is 5. The lowest BCUT2D eigenvalue weighted by atomic mass is 9.99. The fraction of sp³-hybridized carbons (Fsp3) is 0.516. The van der Waals surface area contributed by atoms with Crippen LogP contribution in [0.1, 0.15) is 60.6 Å². The molecule has 0 aliphatic carbocycles. The van der Waals surface area contributed by atoms with Crippen molar-refractivity contribution in [3.8, 4) is 11.8 Å². The Kier molecular flexibility index (Phi) is 8.20. The molecule has 2 saturated heterocycles. The number of benzene rings is 2. The average molecular weight is 563 g/mol. The maximum absolute atomic E-state index is 14.9. The molecule has 0 radical (unpaired) electrons. The van der Waals surface area contributed by atoms with Crippen molar-refractivity contribution < 1.29 is 19.0 Å². The number of aromatic nitrogens is 2. The Labute approximate surface area is 240 Å². The number of amides is 1. The van der Waals surface area contributed by atoms with Crippen LogP contribution < -0.4 is 19.9 Å². The highest BCUT2D eigenvalue weighted by molar-refractivity contribution is 6.16. The summed E-state index contributed by atoms with van der Waals surface area (Å²) in [5.41, 5.74) is 2.09. The van der Waals surface area contributed by atoms with Crippen LogP contribution in [0.3, 0.4) is 0 Å². The lowest BCUT2D eigenvalue weighted by molar-refractivity contribution is 0.0997. The van der Waals surface area contributed by atoms with E-state index < -0.39 is 0 Å². The monoisotopic (exact) mass is 562 g/mol. The first-order valence-corrected chi connectivity index (χ1v) is 15.0. The first-order valence-electron chi connectivity index (χ1n) is 15.0. The van der Waals surface area contributed by atoms with Crippen LogP contribution >= 0.6 is 0 Å². The van der Waals surface area contributed by atoms with E-state index in [1.54, 1.807) is 23.1 Å². The Morgan fingerprint density at radius 2 is 1.83 bits per heavy atom. The molecule has 9 nitrogen and oxygen atoms in total. The van der Waals surface area contributed by atoms with Crippen LogP contribution in [0.25, 0.3) is 10.8 Å². The van der Waals surface area contributed by atoms with Crippen LogP contribution in [-0.2, 0) is 13.0 Å². The largest absolute Gasteiger partial charge is 0.508 e. The molecule has 4 heterocycles. The number of hydrogen-bond donors (Lipinski definition) is 2. The zero-order valence-corrected chi connectivity index (χ0v) is 23.8. The predicted octanol–water partition coefficient (Wildman–Crippen LogP) is 4.25. The van der Waals surface area contributed by atoms with Crippen LogP contribution in [0.15, 0.2) is 24.3 Å². The number of ether oxygens (including phenoxy) is 1. The van der Waals surface area contributed by atoms with E-state index in [9.17, 15) is 14.3 Å². The van der Waals surface area contributed by atoms with E-state index >= 15 is 0 Å². The van der Waals surface area contributed by atoms with Gasteiger partial charge in [-0.05, 0) is 48.8 Å². The Morgan fingerprint density at radius 1 is 1.05 bits per heavy atom. The normalized spacial score (nSPS) is 18.1. The number of nitrogens with one attached hydrogen (secondary N) is 1. The highest BCUT2D eigenvalue weighted by atomic mass is 19.1. The molecule has 0 unspecified atom stereocenters. The van der Waals surface area contributed by atoms with Gasteiger partial charge in [-0.15, -0.1) is 0 Å². The van der Waals surface area contributed by atoms with Gasteiger partial charge in [-0.3, -0.25) is 4.79 Å². The molecule has 218 valence electrons. The molecule has 6 rings (SSSR count). The molecule has 3 aromatic rings. The molecule has 0 bridgehead atoms. The second-order valence-electron chi connectivity index (χ2n) is 11.2. The summed E-state index contributed by atoms with van der Waals surface area (Å²) in [5.74, 6) is 0.0884. The summed E-state index contributed by atoms with van der Waals surface area (Å²) in [5, 5.41) is 15.3. The summed E-state index contributed by atoms with van der Waals surface area (Å²) < 4.78 is 21.0. The summed E-state index contributed by atoms with van der Waals surface area (Å²) in [6.07, 6.45) is 5.70. The van der Waals surface area contributed by atoms with Gasteiger partial charge < -0.3 is 29.9 Å². The molecule has 1 aromatic heterocycles. The molecule has 41 heavy (non-hydrogen) atoms. The van der Waals surface area contributed by atoms with Gasteiger partial charge in [0.1, 0.15) is 22.9 Å². The smallest absolute Gasteiger partial charge is 0.318 e. The maximum Gasteiger partial charge on any atom is 0.318 e. The summed E-state index contributed by atoms with van der Waals surface area (Å²) >= 11 is 0. The molecule has 2 N–H and O–H groups in total. The number of aryl methyl sites for hydroxylation is 1. The van der Waals surface area contributed by atoms with Crippen LogP contribution in [0.4, 0.5) is 15.9 Å². The van der Waals surface area contributed by atoms with Crippen LogP contribution in [-0.4, -0.2) is 78.3 Å². The minimum absolute atomic E-state index is 0.0252. The van der Waals surface area contributed by atoms with E-state index in [0.717, 1.165) is 77.9 Å². The van der Waals surface area contributed by atoms with Crippen LogP contribution in [0, 0.1) is 5.82 Å². The third kappa shape index (κ3) is 5.67. The molecule has 10 heteroatoms. The molecule has 1 amide bonds. The van der Waals surface area contributed by atoms with Gasteiger partial charge >= 0.3 is 6.01 Å². The van der Waals surface area contributed by atoms with E-state index in [0.29, 0.717) is 58.1 Å². The summed E-state index contributed by atoms with van der Waals surface area (Å²) in [7, 11) is 0. The van der Waals surface area contributed by atoms with Gasteiger partial charge in [-0.25, -0.2) is 4.39 Å². The van der Waals surface area contributed by atoms with Crippen molar-refractivity contribution in [1.82, 2.24) is 20.2 Å². The van der Waals surface area contributed by atoms with Gasteiger partial charge in [0, 0.05) is 57.3 Å². The SMILES string of the molecule is CCc1c(F)ccc2cc(O)cc(N3Cc4nc(OCCCN5CCNCC5)nc(N5CCCCCC5)c4C3=O)c12.